The van der Waals surface area contributed by atoms with Crippen LogP contribution in [0.5, 0.6) is 0 Å². The number of nitrogens with zero attached hydrogens (tertiary/aromatic N) is 1. The van der Waals surface area contributed by atoms with Crippen molar-refractivity contribution in [1.29, 1.82) is 0 Å². The number of nitrogens with two attached hydrogens (primary N) is 1. The first-order valence-electron chi connectivity index (χ1n) is 7.82. The molecule has 0 aromatic heterocycles. The zero-order valence-corrected chi connectivity index (χ0v) is 15.2. The van der Waals surface area contributed by atoms with Crippen LogP contribution in [0.2, 0.25) is 0 Å². The molecule has 0 heterocycles. The van der Waals surface area contributed by atoms with Crippen LogP contribution in [0.1, 0.15) is 37.7 Å². The van der Waals surface area contributed by atoms with Crippen molar-refractivity contribution >= 4 is 28.1 Å². The lowest BCUT2D eigenvalue weighted by atomic mass is 9.84. The average Bonchev–Trinajstić information content (AvgIpc) is 2.53. The van der Waals surface area contributed by atoms with Crippen LogP contribution in [0.15, 0.2) is 23.1 Å². The molecule has 0 radical (unpaired) electrons. The van der Waals surface area contributed by atoms with Crippen LogP contribution in [0.4, 0.5) is 5.69 Å². The van der Waals surface area contributed by atoms with Crippen molar-refractivity contribution in [3.8, 4) is 0 Å². The molecule has 0 spiro atoms. The molecule has 1 aliphatic carbocycles. The molecule has 1 atom stereocenters. The van der Waals surface area contributed by atoms with Crippen molar-refractivity contribution in [2.45, 2.75) is 50.0 Å². The molecule has 9 heteroatoms. The highest BCUT2D eigenvalue weighted by atomic mass is 35.5. The smallest absolute Gasteiger partial charge is 0.270 e. The minimum absolute atomic E-state index is 0. The zero-order valence-electron chi connectivity index (χ0n) is 13.6. The summed E-state index contributed by atoms with van der Waals surface area (Å²) in [7, 11) is -3.84. The van der Waals surface area contributed by atoms with Crippen molar-refractivity contribution in [3.63, 3.8) is 0 Å². The van der Waals surface area contributed by atoms with Crippen LogP contribution >= 0.6 is 12.4 Å². The Labute approximate surface area is 148 Å². The van der Waals surface area contributed by atoms with Gasteiger partial charge < -0.3 is 5.73 Å². The number of sulfonamides is 1. The van der Waals surface area contributed by atoms with Gasteiger partial charge in [0.2, 0.25) is 10.0 Å². The van der Waals surface area contributed by atoms with Gasteiger partial charge in [-0.25, -0.2) is 13.1 Å². The van der Waals surface area contributed by atoms with Crippen molar-refractivity contribution in [2.75, 3.05) is 6.54 Å². The van der Waals surface area contributed by atoms with Crippen molar-refractivity contribution in [3.05, 3.63) is 33.9 Å². The molecule has 7 nitrogen and oxygen atoms in total. The van der Waals surface area contributed by atoms with E-state index in [2.05, 4.69) is 4.72 Å². The number of hydrogen-bond acceptors (Lipinski definition) is 5. The Morgan fingerprint density at radius 2 is 1.96 bits per heavy atom. The van der Waals surface area contributed by atoms with Crippen LogP contribution in [0.3, 0.4) is 0 Å². The van der Waals surface area contributed by atoms with Crippen LogP contribution < -0.4 is 10.5 Å². The maximum absolute atomic E-state index is 12.7. The topological polar surface area (TPSA) is 115 Å². The molecule has 0 amide bonds. The lowest BCUT2D eigenvalue weighted by Gasteiger charge is -2.30. The van der Waals surface area contributed by atoms with Crippen LogP contribution in [0, 0.1) is 23.0 Å². The summed E-state index contributed by atoms with van der Waals surface area (Å²) >= 11 is 0. The molecule has 136 valence electrons. The van der Waals surface area contributed by atoms with Gasteiger partial charge in [0, 0.05) is 24.7 Å². The summed E-state index contributed by atoms with van der Waals surface area (Å²) in [6, 6.07) is 3.52. The first kappa shape index (κ1) is 20.8. The monoisotopic (exact) mass is 377 g/mol. The number of non-ortho nitro benzene ring substituents is 1. The van der Waals surface area contributed by atoms with Crippen molar-refractivity contribution < 1.29 is 13.3 Å². The van der Waals surface area contributed by atoms with E-state index in [1.807, 2.05) is 0 Å². The van der Waals surface area contributed by atoms with Gasteiger partial charge in [0.1, 0.15) is 0 Å². The van der Waals surface area contributed by atoms with Gasteiger partial charge >= 0.3 is 0 Å². The second-order valence-corrected chi connectivity index (χ2v) is 7.75. The van der Waals surface area contributed by atoms with Gasteiger partial charge in [0.15, 0.2) is 0 Å². The predicted molar refractivity (Wildman–Crippen MR) is 94.8 cm³/mol. The third-order valence-corrected chi connectivity index (χ3v) is 6.08. The van der Waals surface area contributed by atoms with Gasteiger partial charge in [-0.15, -0.1) is 12.4 Å². The Hall–Kier alpha value is -1.22. The van der Waals surface area contributed by atoms with E-state index in [0.717, 1.165) is 31.7 Å². The van der Waals surface area contributed by atoms with Gasteiger partial charge in [-0.05, 0) is 31.2 Å². The molecule has 24 heavy (non-hydrogen) atoms. The SMILES string of the molecule is Cc1ccc([N+](=O)[O-])cc1S(=O)(=O)NC(CN)C1CCCCC1.Cl. The third kappa shape index (κ3) is 4.89. The number of hydrogen-bond donors (Lipinski definition) is 2. The maximum Gasteiger partial charge on any atom is 0.270 e. The first-order valence-corrected chi connectivity index (χ1v) is 9.31. The summed E-state index contributed by atoms with van der Waals surface area (Å²) in [6.07, 6.45) is 5.25. The number of benzene rings is 1. The zero-order chi connectivity index (χ0) is 17.0. The summed E-state index contributed by atoms with van der Waals surface area (Å²) in [6.45, 7) is 1.84. The standard InChI is InChI=1S/C15H23N3O4S.ClH/c1-11-7-8-13(18(19)20)9-15(11)23(21,22)17-14(10-16)12-5-3-2-4-6-12;/h7-9,12,14,17H,2-6,10,16H2,1H3;1H. The predicted octanol–water partition coefficient (Wildman–Crippen LogP) is 2.51. The fourth-order valence-corrected chi connectivity index (χ4v) is 4.71. The second kappa shape index (κ2) is 8.75. The fourth-order valence-electron chi connectivity index (χ4n) is 3.13. The highest BCUT2D eigenvalue weighted by Gasteiger charge is 2.29. The van der Waals surface area contributed by atoms with E-state index in [4.69, 9.17) is 5.73 Å². The molecule has 1 fully saturated rings. The number of nitro groups is 1. The minimum atomic E-state index is -3.84. The molecule has 0 bridgehead atoms. The molecule has 0 saturated heterocycles. The summed E-state index contributed by atoms with van der Waals surface area (Å²) in [5.74, 6) is 0.225. The Bertz CT molecular complexity index is 675. The van der Waals surface area contributed by atoms with Gasteiger partial charge in [-0.1, -0.05) is 25.3 Å². The molecule has 2 rings (SSSR count). The van der Waals surface area contributed by atoms with E-state index < -0.39 is 14.9 Å². The number of rotatable bonds is 6. The summed E-state index contributed by atoms with van der Waals surface area (Å²) in [5.41, 5.74) is 6.01. The molecular formula is C15H24ClN3O4S. The summed E-state index contributed by atoms with van der Waals surface area (Å²) in [4.78, 5) is 10.2. The average molecular weight is 378 g/mol. The number of nitro benzene ring substituents is 1. The summed E-state index contributed by atoms with van der Waals surface area (Å²) in [5, 5.41) is 10.9. The lowest BCUT2D eigenvalue weighted by Crippen LogP contribution is -2.45. The van der Waals surface area contributed by atoms with Gasteiger partial charge in [-0.3, -0.25) is 10.1 Å². The third-order valence-electron chi connectivity index (χ3n) is 4.45. The Balaban J connectivity index is 0.00000288. The van der Waals surface area contributed by atoms with E-state index in [1.54, 1.807) is 6.92 Å². The Morgan fingerprint density at radius 1 is 1.33 bits per heavy atom. The van der Waals surface area contributed by atoms with E-state index in [1.165, 1.54) is 18.6 Å². The largest absolute Gasteiger partial charge is 0.329 e. The molecular weight excluding hydrogens is 354 g/mol. The molecule has 1 saturated carbocycles. The molecule has 1 aromatic carbocycles. The molecule has 1 aliphatic rings. The van der Waals surface area contributed by atoms with Gasteiger partial charge in [-0.2, -0.15) is 0 Å². The normalized spacial score (nSPS) is 17.1. The van der Waals surface area contributed by atoms with E-state index in [9.17, 15) is 18.5 Å². The second-order valence-electron chi connectivity index (χ2n) is 6.07. The quantitative estimate of drug-likeness (QED) is 0.583. The van der Waals surface area contributed by atoms with Gasteiger partial charge in [0.25, 0.3) is 5.69 Å². The fraction of sp³-hybridized carbons (Fsp3) is 0.600. The summed E-state index contributed by atoms with van der Waals surface area (Å²) < 4.78 is 28.0. The highest BCUT2D eigenvalue weighted by molar-refractivity contribution is 7.89. The number of nitrogens with one attached hydrogen (secondary N) is 1. The Kier molecular flexibility index (Phi) is 7.59. The lowest BCUT2D eigenvalue weighted by molar-refractivity contribution is -0.385. The van der Waals surface area contributed by atoms with Crippen LogP contribution in [-0.2, 0) is 10.0 Å². The van der Waals surface area contributed by atoms with E-state index >= 15 is 0 Å². The highest BCUT2D eigenvalue weighted by Crippen LogP contribution is 2.28. The van der Waals surface area contributed by atoms with Gasteiger partial charge in [0.05, 0.1) is 9.82 Å². The van der Waals surface area contributed by atoms with Crippen LogP contribution in [-0.4, -0.2) is 25.9 Å². The molecule has 1 aromatic rings. The molecule has 1 unspecified atom stereocenters. The molecule has 3 N–H and O–H groups in total. The molecule has 0 aliphatic heterocycles. The first-order chi connectivity index (χ1) is 10.8. The number of halogens is 1. The van der Waals surface area contributed by atoms with Crippen molar-refractivity contribution in [2.24, 2.45) is 11.7 Å². The maximum atomic E-state index is 12.7. The van der Waals surface area contributed by atoms with Crippen LogP contribution in [0.25, 0.3) is 0 Å². The van der Waals surface area contributed by atoms with E-state index in [0.29, 0.717) is 5.56 Å². The Morgan fingerprint density at radius 3 is 2.50 bits per heavy atom. The van der Waals surface area contributed by atoms with E-state index in [-0.39, 0.29) is 41.5 Å². The number of aryl methyl sites for hydroxylation is 1. The minimum Gasteiger partial charge on any atom is -0.329 e. The van der Waals surface area contributed by atoms with Crippen molar-refractivity contribution in [1.82, 2.24) is 4.72 Å².